The van der Waals surface area contributed by atoms with E-state index in [9.17, 15) is 19.5 Å². The molecule has 28 heavy (non-hydrogen) atoms. The number of anilines is 1. The summed E-state index contributed by atoms with van der Waals surface area (Å²) in [5, 5.41) is 9.18. The molecule has 2 heterocycles. The Morgan fingerprint density at radius 2 is 1.79 bits per heavy atom. The van der Waals surface area contributed by atoms with E-state index in [4.69, 9.17) is 0 Å². The van der Waals surface area contributed by atoms with E-state index in [0.29, 0.717) is 32.5 Å². The van der Waals surface area contributed by atoms with Gasteiger partial charge in [-0.2, -0.15) is 0 Å². The molecule has 0 aliphatic carbocycles. The summed E-state index contributed by atoms with van der Waals surface area (Å²) >= 11 is 0. The Kier molecular flexibility index (Phi) is 4.86. The SMILES string of the molecule is O=C(O)c1ccc2c(c1)CN(C(=O)CCN1C(=O)CCc3ccccc31)CC2. The Morgan fingerprint density at radius 3 is 2.61 bits per heavy atom. The van der Waals surface area contributed by atoms with Crippen LogP contribution in [0.3, 0.4) is 0 Å². The van der Waals surface area contributed by atoms with E-state index >= 15 is 0 Å². The summed E-state index contributed by atoms with van der Waals surface area (Å²) < 4.78 is 0. The number of carboxylic acid groups (broad SMARTS) is 1. The molecule has 2 aromatic carbocycles. The molecule has 2 aromatic rings. The number of aryl methyl sites for hydroxylation is 1. The summed E-state index contributed by atoms with van der Waals surface area (Å²) in [6.45, 7) is 1.40. The van der Waals surface area contributed by atoms with Crippen LogP contribution in [0.5, 0.6) is 0 Å². The predicted octanol–water partition coefficient (Wildman–Crippen LogP) is 2.64. The molecular formula is C22H22N2O4. The van der Waals surface area contributed by atoms with Gasteiger partial charge in [-0.05, 0) is 47.7 Å². The topological polar surface area (TPSA) is 77.9 Å². The fourth-order valence-electron chi connectivity index (χ4n) is 4.01. The molecular weight excluding hydrogens is 356 g/mol. The van der Waals surface area contributed by atoms with Crippen molar-refractivity contribution in [3.05, 3.63) is 64.7 Å². The van der Waals surface area contributed by atoms with Gasteiger partial charge < -0.3 is 14.9 Å². The van der Waals surface area contributed by atoms with Crippen LogP contribution in [0.2, 0.25) is 0 Å². The average molecular weight is 378 g/mol. The molecule has 0 bridgehead atoms. The number of amides is 2. The molecule has 4 rings (SSSR count). The van der Waals surface area contributed by atoms with Gasteiger partial charge in [0, 0.05) is 38.2 Å². The second kappa shape index (κ2) is 7.46. The molecule has 0 saturated heterocycles. The Hall–Kier alpha value is -3.15. The standard InChI is InChI=1S/C22H22N2O4/c25-20(10-12-24-19-4-2-1-3-16(19)7-8-21(24)26)23-11-9-15-5-6-17(22(27)28)13-18(15)14-23/h1-6,13H,7-12,14H2,(H,27,28). The minimum Gasteiger partial charge on any atom is -0.478 e. The number of para-hydroxylation sites is 1. The summed E-state index contributed by atoms with van der Waals surface area (Å²) in [7, 11) is 0. The predicted molar refractivity (Wildman–Crippen MR) is 104 cm³/mol. The van der Waals surface area contributed by atoms with Gasteiger partial charge in [-0.15, -0.1) is 0 Å². The van der Waals surface area contributed by atoms with Gasteiger partial charge in [0.05, 0.1) is 5.56 Å². The van der Waals surface area contributed by atoms with Crippen LogP contribution in [0.25, 0.3) is 0 Å². The van der Waals surface area contributed by atoms with Crippen molar-refractivity contribution in [1.29, 1.82) is 0 Å². The average Bonchev–Trinajstić information content (AvgIpc) is 2.72. The third kappa shape index (κ3) is 3.50. The Labute approximate surface area is 163 Å². The molecule has 0 atom stereocenters. The molecule has 2 aliphatic heterocycles. The van der Waals surface area contributed by atoms with Crippen molar-refractivity contribution in [1.82, 2.24) is 4.90 Å². The summed E-state index contributed by atoms with van der Waals surface area (Å²) in [5.41, 5.74) is 4.26. The van der Waals surface area contributed by atoms with Crippen molar-refractivity contribution < 1.29 is 19.5 Å². The zero-order valence-corrected chi connectivity index (χ0v) is 15.6. The lowest BCUT2D eigenvalue weighted by Gasteiger charge is -2.32. The first-order valence-electron chi connectivity index (χ1n) is 9.54. The van der Waals surface area contributed by atoms with Gasteiger partial charge >= 0.3 is 5.97 Å². The zero-order chi connectivity index (χ0) is 19.7. The highest BCUT2D eigenvalue weighted by atomic mass is 16.4. The molecule has 1 N–H and O–H groups in total. The van der Waals surface area contributed by atoms with Crippen molar-refractivity contribution in [2.24, 2.45) is 0 Å². The van der Waals surface area contributed by atoms with Gasteiger partial charge in [-0.3, -0.25) is 9.59 Å². The van der Waals surface area contributed by atoms with E-state index < -0.39 is 5.97 Å². The van der Waals surface area contributed by atoms with Gasteiger partial charge in [-0.1, -0.05) is 24.3 Å². The lowest BCUT2D eigenvalue weighted by molar-refractivity contribution is -0.132. The number of carbonyl (C=O) groups excluding carboxylic acids is 2. The fourth-order valence-corrected chi connectivity index (χ4v) is 4.01. The number of carboxylic acids is 1. The highest BCUT2D eigenvalue weighted by molar-refractivity contribution is 5.97. The van der Waals surface area contributed by atoms with Crippen LogP contribution in [0.4, 0.5) is 5.69 Å². The van der Waals surface area contributed by atoms with Crippen LogP contribution in [0.15, 0.2) is 42.5 Å². The molecule has 0 aromatic heterocycles. The first-order chi connectivity index (χ1) is 13.5. The van der Waals surface area contributed by atoms with Crippen LogP contribution in [-0.4, -0.2) is 40.9 Å². The molecule has 6 heteroatoms. The highest BCUT2D eigenvalue weighted by Crippen LogP contribution is 2.28. The maximum absolute atomic E-state index is 12.8. The molecule has 2 aliphatic rings. The minimum absolute atomic E-state index is 0.0118. The maximum Gasteiger partial charge on any atom is 0.335 e. The summed E-state index contributed by atoms with van der Waals surface area (Å²) in [6, 6.07) is 12.9. The van der Waals surface area contributed by atoms with E-state index in [1.54, 1.807) is 21.9 Å². The van der Waals surface area contributed by atoms with Gasteiger partial charge in [0.25, 0.3) is 0 Å². The van der Waals surface area contributed by atoms with Crippen molar-refractivity contribution >= 4 is 23.5 Å². The van der Waals surface area contributed by atoms with Crippen LogP contribution in [-0.2, 0) is 29.0 Å². The fraction of sp³-hybridized carbons (Fsp3) is 0.318. The summed E-state index contributed by atoms with van der Waals surface area (Å²) in [4.78, 5) is 39.8. The van der Waals surface area contributed by atoms with Crippen LogP contribution in [0.1, 0.15) is 39.9 Å². The summed E-state index contributed by atoms with van der Waals surface area (Å²) in [5.74, 6) is -0.919. The summed E-state index contributed by atoms with van der Waals surface area (Å²) in [6.07, 6.45) is 2.19. The molecule has 144 valence electrons. The van der Waals surface area contributed by atoms with E-state index in [-0.39, 0.29) is 23.8 Å². The largest absolute Gasteiger partial charge is 0.478 e. The van der Waals surface area contributed by atoms with Crippen molar-refractivity contribution in [2.75, 3.05) is 18.0 Å². The quantitative estimate of drug-likeness (QED) is 0.887. The number of aromatic carboxylic acids is 1. The first-order valence-corrected chi connectivity index (χ1v) is 9.54. The van der Waals surface area contributed by atoms with Gasteiger partial charge in [-0.25, -0.2) is 4.79 Å². The highest BCUT2D eigenvalue weighted by Gasteiger charge is 2.26. The van der Waals surface area contributed by atoms with E-state index in [1.165, 1.54) is 0 Å². The van der Waals surface area contributed by atoms with Crippen molar-refractivity contribution in [2.45, 2.75) is 32.2 Å². The Balaban J connectivity index is 1.43. The maximum atomic E-state index is 12.8. The third-order valence-electron chi connectivity index (χ3n) is 5.56. The van der Waals surface area contributed by atoms with Gasteiger partial charge in [0.2, 0.25) is 11.8 Å². The molecule has 0 radical (unpaired) electrons. The number of hydrogen-bond acceptors (Lipinski definition) is 3. The smallest absolute Gasteiger partial charge is 0.335 e. The number of hydrogen-bond donors (Lipinski definition) is 1. The minimum atomic E-state index is -0.964. The Morgan fingerprint density at radius 1 is 0.964 bits per heavy atom. The second-order valence-corrected chi connectivity index (χ2v) is 7.28. The third-order valence-corrected chi connectivity index (χ3v) is 5.56. The van der Waals surface area contributed by atoms with E-state index in [0.717, 1.165) is 28.8 Å². The number of nitrogens with zero attached hydrogens (tertiary/aromatic N) is 2. The van der Waals surface area contributed by atoms with Crippen LogP contribution >= 0.6 is 0 Å². The molecule has 0 fully saturated rings. The molecule has 2 amide bonds. The molecule has 0 saturated carbocycles. The van der Waals surface area contributed by atoms with E-state index in [1.807, 2.05) is 30.3 Å². The second-order valence-electron chi connectivity index (χ2n) is 7.28. The van der Waals surface area contributed by atoms with Gasteiger partial charge in [0.15, 0.2) is 0 Å². The lowest BCUT2D eigenvalue weighted by Crippen LogP contribution is -2.41. The number of benzene rings is 2. The van der Waals surface area contributed by atoms with Crippen LogP contribution < -0.4 is 4.90 Å². The van der Waals surface area contributed by atoms with Crippen molar-refractivity contribution in [3.8, 4) is 0 Å². The normalized spacial score (nSPS) is 15.8. The zero-order valence-electron chi connectivity index (χ0n) is 15.6. The molecule has 6 nitrogen and oxygen atoms in total. The number of rotatable bonds is 4. The number of fused-ring (bicyclic) bond motifs is 2. The lowest BCUT2D eigenvalue weighted by atomic mass is 9.97. The Bertz CT molecular complexity index is 953. The number of carbonyl (C=O) groups is 3. The van der Waals surface area contributed by atoms with Gasteiger partial charge in [0.1, 0.15) is 0 Å². The molecule has 0 unspecified atom stereocenters. The monoisotopic (exact) mass is 378 g/mol. The molecule has 0 spiro atoms. The van der Waals surface area contributed by atoms with Crippen molar-refractivity contribution in [3.63, 3.8) is 0 Å². The van der Waals surface area contributed by atoms with E-state index in [2.05, 4.69) is 0 Å². The first kappa shape index (κ1) is 18.2. The van der Waals surface area contributed by atoms with Crippen LogP contribution in [0, 0.1) is 0 Å².